The number of hydrogen-bond acceptors (Lipinski definition) is 5. The minimum Gasteiger partial charge on any atom is -0.369 e. The highest BCUT2D eigenvalue weighted by Crippen LogP contribution is 2.34. The van der Waals surface area contributed by atoms with Crippen molar-refractivity contribution >= 4 is 11.8 Å². The van der Waals surface area contributed by atoms with Crippen molar-refractivity contribution in [2.45, 2.75) is 0 Å². The van der Waals surface area contributed by atoms with E-state index in [-0.39, 0.29) is 6.54 Å². The summed E-state index contributed by atoms with van der Waals surface area (Å²) >= 11 is 0. The zero-order valence-corrected chi connectivity index (χ0v) is 9.54. The Morgan fingerprint density at radius 3 is 2.39 bits per heavy atom. The summed E-state index contributed by atoms with van der Waals surface area (Å²) in [6.07, 6.45) is 5.71. The summed E-state index contributed by atoms with van der Waals surface area (Å²) in [4.78, 5) is 22.4. The summed E-state index contributed by atoms with van der Waals surface area (Å²) in [5.41, 5.74) is 10.8. The van der Waals surface area contributed by atoms with Gasteiger partial charge in [0.2, 0.25) is 11.8 Å². The molecule has 0 heterocycles. The third-order valence-electron chi connectivity index (χ3n) is 2.92. The Morgan fingerprint density at radius 1 is 1.50 bits per heavy atom. The van der Waals surface area contributed by atoms with Gasteiger partial charge in [-0.2, -0.15) is 5.26 Å². The number of carbonyl (C=O) groups excluding carboxylic acids is 2. The molecule has 7 heteroatoms. The molecular weight excluding hydrogens is 236 g/mol. The zero-order chi connectivity index (χ0) is 13.8. The van der Waals surface area contributed by atoms with Crippen molar-refractivity contribution in [3.8, 4) is 6.07 Å². The van der Waals surface area contributed by atoms with Gasteiger partial charge in [-0.15, -0.1) is 0 Å². The number of hydrogen-bond donors (Lipinski definition) is 4. The minimum atomic E-state index is -1.28. The molecule has 2 amide bonds. The number of hydroxylamine groups is 1. The van der Waals surface area contributed by atoms with Crippen LogP contribution < -0.4 is 16.9 Å². The fraction of sp³-hybridized carbons (Fsp3) is 0.364. The molecule has 0 radical (unpaired) electrons. The Labute approximate surface area is 104 Å². The van der Waals surface area contributed by atoms with E-state index in [0.717, 1.165) is 0 Å². The van der Waals surface area contributed by atoms with E-state index in [2.05, 4.69) is 0 Å². The largest absolute Gasteiger partial charge is 0.369 e. The molecule has 0 spiro atoms. The fourth-order valence-corrected chi connectivity index (χ4v) is 1.82. The van der Waals surface area contributed by atoms with E-state index in [0.29, 0.717) is 0 Å². The second-order valence-electron chi connectivity index (χ2n) is 3.96. The molecule has 18 heavy (non-hydrogen) atoms. The molecule has 0 fully saturated rings. The van der Waals surface area contributed by atoms with Gasteiger partial charge in [0, 0.05) is 6.54 Å². The molecule has 0 saturated heterocycles. The third-order valence-corrected chi connectivity index (χ3v) is 2.92. The Hall–Kier alpha value is -2.17. The molecule has 1 atom stereocenters. The Morgan fingerprint density at radius 2 is 2.06 bits per heavy atom. The van der Waals surface area contributed by atoms with E-state index in [9.17, 15) is 14.9 Å². The van der Waals surface area contributed by atoms with Crippen LogP contribution in [0.2, 0.25) is 0 Å². The number of nitrogens with zero attached hydrogens (tertiary/aromatic N) is 1. The average Bonchev–Trinajstić information content (AvgIpc) is 2.39. The van der Waals surface area contributed by atoms with Crippen LogP contribution in [0.1, 0.15) is 0 Å². The van der Waals surface area contributed by atoms with E-state index in [1.165, 1.54) is 29.8 Å². The van der Waals surface area contributed by atoms with Gasteiger partial charge in [0.1, 0.15) is 5.41 Å². The molecule has 1 aliphatic rings. The lowest BCUT2D eigenvalue weighted by molar-refractivity contribution is -0.134. The number of allylic oxidation sites excluding steroid dienone is 2. The van der Waals surface area contributed by atoms with Crippen molar-refractivity contribution in [1.29, 1.82) is 5.26 Å². The van der Waals surface area contributed by atoms with E-state index in [4.69, 9.17) is 16.7 Å². The van der Waals surface area contributed by atoms with Crippen LogP contribution in [-0.2, 0) is 9.59 Å². The molecule has 0 saturated carbocycles. The smallest absolute Gasteiger partial charge is 0.249 e. The van der Waals surface area contributed by atoms with Gasteiger partial charge in [0.15, 0.2) is 0 Å². The first-order valence-corrected chi connectivity index (χ1v) is 5.24. The van der Waals surface area contributed by atoms with Crippen LogP contribution in [0.15, 0.2) is 24.3 Å². The van der Waals surface area contributed by atoms with Gasteiger partial charge < -0.3 is 11.5 Å². The first kappa shape index (κ1) is 13.9. The molecule has 96 valence electrons. The van der Waals surface area contributed by atoms with E-state index in [1.807, 2.05) is 6.07 Å². The predicted molar refractivity (Wildman–Crippen MR) is 61.5 cm³/mol. The van der Waals surface area contributed by atoms with Crippen LogP contribution in [0.4, 0.5) is 0 Å². The summed E-state index contributed by atoms with van der Waals surface area (Å²) in [7, 11) is 0. The molecule has 6 N–H and O–H groups in total. The van der Waals surface area contributed by atoms with Crippen LogP contribution in [-0.4, -0.2) is 23.6 Å². The lowest BCUT2D eigenvalue weighted by Crippen LogP contribution is -2.43. The maximum atomic E-state index is 11.5. The SMILES string of the molecule is N#CC1([C@@H](CN)C(=O)NO)C=CC(C(N)=O)C=C1. The predicted octanol–water partition coefficient (Wildman–Crippen LogP) is -1.20. The topological polar surface area (TPSA) is 142 Å². The summed E-state index contributed by atoms with van der Waals surface area (Å²) in [6, 6.07) is 1.97. The van der Waals surface area contributed by atoms with Gasteiger partial charge in [-0.25, -0.2) is 5.48 Å². The first-order chi connectivity index (χ1) is 8.50. The Kier molecular flexibility index (Phi) is 4.20. The number of primary amides is 1. The number of nitriles is 1. The number of amides is 2. The summed E-state index contributed by atoms with van der Waals surface area (Å²) < 4.78 is 0. The Balaban J connectivity index is 3.07. The number of carbonyl (C=O) groups is 2. The van der Waals surface area contributed by atoms with E-state index >= 15 is 0 Å². The van der Waals surface area contributed by atoms with Crippen LogP contribution >= 0.6 is 0 Å². The fourth-order valence-electron chi connectivity index (χ4n) is 1.82. The zero-order valence-electron chi connectivity index (χ0n) is 9.54. The van der Waals surface area contributed by atoms with Gasteiger partial charge in [-0.05, 0) is 0 Å². The molecule has 0 aromatic heterocycles. The van der Waals surface area contributed by atoms with Gasteiger partial charge >= 0.3 is 0 Å². The molecule has 1 aliphatic carbocycles. The second kappa shape index (κ2) is 5.44. The Bertz CT molecular complexity index is 436. The van der Waals surface area contributed by atoms with Crippen molar-refractivity contribution in [2.75, 3.05) is 6.54 Å². The van der Waals surface area contributed by atoms with Crippen LogP contribution in [0, 0.1) is 28.6 Å². The van der Waals surface area contributed by atoms with Crippen LogP contribution in [0.25, 0.3) is 0 Å². The van der Waals surface area contributed by atoms with Crippen molar-refractivity contribution in [3.63, 3.8) is 0 Å². The lowest BCUT2D eigenvalue weighted by atomic mass is 9.72. The van der Waals surface area contributed by atoms with Crippen molar-refractivity contribution in [2.24, 2.45) is 28.7 Å². The number of rotatable bonds is 4. The number of nitrogens with one attached hydrogen (secondary N) is 1. The van der Waals surface area contributed by atoms with Crippen LogP contribution in [0.3, 0.4) is 0 Å². The second-order valence-corrected chi connectivity index (χ2v) is 3.96. The molecule has 0 aromatic rings. The highest BCUT2D eigenvalue weighted by atomic mass is 16.5. The van der Waals surface area contributed by atoms with Gasteiger partial charge in [-0.3, -0.25) is 14.8 Å². The number of nitrogens with two attached hydrogens (primary N) is 2. The van der Waals surface area contributed by atoms with E-state index in [1.54, 1.807) is 0 Å². The maximum absolute atomic E-state index is 11.5. The normalized spacial score (nSPS) is 27.3. The van der Waals surface area contributed by atoms with Crippen molar-refractivity contribution in [1.82, 2.24) is 5.48 Å². The van der Waals surface area contributed by atoms with Crippen molar-refractivity contribution in [3.05, 3.63) is 24.3 Å². The van der Waals surface area contributed by atoms with Crippen LogP contribution in [0.5, 0.6) is 0 Å². The molecule has 0 bridgehead atoms. The molecule has 0 aliphatic heterocycles. The summed E-state index contributed by atoms with van der Waals surface area (Å²) in [5.74, 6) is -2.87. The molecule has 0 aromatic carbocycles. The van der Waals surface area contributed by atoms with Gasteiger partial charge in [-0.1, -0.05) is 24.3 Å². The molecule has 1 rings (SSSR count). The highest BCUT2D eigenvalue weighted by Gasteiger charge is 2.40. The summed E-state index contributed by atoms with van der Waals surface area (Å²) in [6.45, 7) is -0.129. The monoisotopic (exact) mass is 250 g/mol. The van der Waals surface area contributed by atoms with Gasteiger partial charge in [0.25, 0.3) is 0 Å². The first-order valence-electron chi connectivity index (χ1n) is 5.24. The van der Waals surface area contributed by atoms with Crippen molar-refractivity contribution < 1.29 is 14.8 Å². The molecular formula is C11H14N4O3. The quantitative estimate of drug-likeness (QED) is 0.282. The maximum Gasteiger partial charge on any atom is 0.249 e. The lowest BCUT2D eigenvalue weighted by Gasteiger charge is -2.29. The minimum absolute atomic E-state index is 0.129. The van der Waals surface area contributed by atoms with E-state index < -0.39 is 29.1 Å². The average molecular weight is 250 g/mol. The third kappa shape index (κ3) is 2.40. The molecule has 7 nitrogen and oxygen atoms in total. The molecule has 0 unspecified atom stereocenters. The highest BCUT2D eigenvalue weighted by molar-refractivity contribution is 5.82. The standard InChI is InChI=1S/C11H14N4O3/c12-5-8(10(17)15-18)11(6-13)3-1-7(2-4-11)9(14)16/h1-4,7-8,18H,5,12H2,(H2,14,16)(H,15,17)/t7?,8-,11?/m0/s1. The summed E-state index contributed by atoms with van der Waals surface area (Å²) in [5, 5.41) is 17.9. The van der Waals surface area contributed by atoms with Gasteiger partial charge in [0.05, 0.1) is 17.9 Å².